The lowest BCUT2D eigenvalue weighted by Crippen LogP contribution is -2.13. The van der Waals surface area contributed by atoms with Crippen LogP contribution in [0.25, 0.3) is 0 Å². The summed E-state index contributed by atoms with van der Waals surface area (Å²) in [6, 6.07) is 7.40. The first-order valence-electron chi connectivity index (χ1n) is 8.36. The normalized spacial score (nSPS) is 10.5. The third kappa shape index (κ3) is 5.60. The number of nitrogens with one attached hydrogen (secondary N) is 1. The number of anilines is 1. The Hall–Kier alpha value is -2.32. The van der Waals surface area contributed by atoms with Gasteiger partial charge < -0.3 is 19.4 Å². The highest BCUT2D eigenvalue weighted by Gasteiger charge is 2.13. The monoisotopic (exact) mass is 376 g/mol. The van der Waals surface area contributed by atoms with E-state index in [1.165, 1.54) is 11.8 Å². The van der Waals surface area contributed by atoms with Gasteiger partial charge in [-0.25, -0.2) is 0 Å². The van der Waals surface area contributed by atoms with E-state index in [-0.39, 0.29) is 5.91 Å². The molecule has 0 atom stereocenters. The second-order valence-corrected chi connectivity index (χ2v) is 6.37. The molecule has 1 aromatic carbocycles. The van der Waals surface area contributed by atoms with Crippen molar-refractivity contribution in [2.75, 3.05) is 24.8 Å². The minimum absolute atomic E-state index is 0.0726. The number of aromatic nitrogens is 3. The van der Waals surface area contributed by atoms with E-state index >= 15 is 0 Å². The second-order valence-electron chi connectivity index (χ2n) is 5.31. The van der Waals surface area contributed by atoms with Gasteiger partial charge in [-0.2, -0.15) is 0 Å². The third-order valence-corrected chi connectivity index (χ3v) is 4.37. The molecule has 0 aliphatic rings. The van der Waals surface area contributed by atoms with E-state index in [4.69, 9.17) is 9.47 Å². The van der Waals surface area contributed by atoms with Crippen LogP contribution in [0.4, 0.5) is 5.69 Å². The molecule has 0 saturated heterocycles. The van der Waals surface area contributed by atoms with Crippen LogP contribution in [0.1, 0.15) is 19.2 Å². The van der Waals surface area contributed by atoms with E-state index in [2.05, 4.69) is 22.1 Å². The van der Waals surface area contributed by atoms with Gasteiger partial charge in [-0.05, 0) is 19.1 Å². The van der Waals surface area contributed by atoms with Crippen LogP contribution in [0.5, 0.6) is 5.75 Å². The summed E-state index contributed by atoms with van der Waals surface area (Å²) in [6.45, 7) is 7.19. The summed E-state index contributed by atoms with van der Waals surface area (Å²) in [5, 5.41) is 11.9. The number of ether oxygens (including phenoxy) is 2. The molecule has 0 saturated carbocycles. The molecule has 2 rings (SSSR count). The molecule has 0 radical (unpaired) electrons. The summed E-state index contributed by atoms with van der Waals surface area (Å²) < 4.78 is 12.6. The fourth-order valence-electron chi connectivity index (χ4n) is 2.27. The average molecular weight is 376 g/mol. The topological polar surface area (TPSA) is 78.3 Å². The number of carbonyl (C=O) groups excluding carboxylic acids is 1. The van der Waals surface area contributed by atoms with E-state index in [0.717, 1.165) is 11.0 Å². The number of hydrogen-bond acceptors (Lipinski definition) is 6. The maximum Gasteiger partial charge on any atom is 0.225 e. The Labute approximate surface area is 157 Å². The lowest BCUT2D eigenvalue weighted by Gasteiger charge is -2.11. The van der Waals surface area contributed by atoms with Gasteiger partial charge in [-0.1, -0.05) is 30.0 Å². The Bertz CT molecular complexity index is 733. The van der Waals surface area contributed by atoms with Gasteiger partial charge in [0.1, 0.15) is 12.4 Å². The van der Waals surface area contributed by atoms with Crippen LogP contribution in [-0.4, -0.2) is 40.1 Å². The van der Waals surface area contributed by atoms with Gasteiger partial charge in [0.25, 0.3) is 0 Å². The van der Waals surface area contributed by atoms with Crippen LogP contribution in [0.3, 0.4) is 0 Å². The van der Waals surface area contributed by atoms with Crippen LogP contribution in [0.2, 0.25) is 0 Å². The summed E-state index contributed by atoms with van der Waals surface area (Å²) >= 11 is 1.48. The number of para-hydroxylation sites is 2. The highest BCUT2D eigenvalue weighted by atomic mass is 32.2. The molecular formula is C18H24N4O3S. The summed E-state index contributed by atoms with van der Waals surface area (Å²) in [4.78, 5) is 12.2. The molecule has 1 aromatic heterocycles. The molecule has 0 bridgehead atoms. The second kappa shape index (κ2) is 10.6. The van der Waals surface area contributed by atoms with E-state index in [0.29, 0.717) is 43.4 Å². The van der Waals surface area contributed by atoms with E-state index in [1.54, 1.807) is 13.2 Å². The van der Waals surface area contributed by atoms with Crippen molar-refractivity contribution in [3.63, 3.8) is 0 Å². The van der Waals surface area contributed by atoms with Crippen molar-refractivity contribution in [2.24, 2.45) is 0 Å². The number of amides is 1. The predicted molar refractivity (Wildman–Crippen MR) is 103 cm³/mol. The molecule has 8 heteroatoms. The Morgan fingerprint density at radius 2 is 2.19 bits per heavy atom. The molecular weight excluding hydrogens is 352 g/mol. The van der Waals surface area contributed by atoms with Gasteiger partial charge in [-0.15, -0.1) is 16.8 Å². The van der Waals surface area contributed by atoms with Gasteiger partial charge >= 0.3 is 0 Å². The predicted octanol–water partition coefficient (Wildman–Crippen LogP) is 3.13. The summed E-state index contributed by atoms with van der Waals surface area (Å²) in [5.41, 5.74) is 0.682. The first kappa shape index (κ1) is 20.0. The molecule has 1 heterocycles. The maximum absolute atomic E-state index is 12.2. The van der Waals surface area contributed by atoms with Crippen molar-refractivity contribution in [3.05, 3.63) is 42.7 Å². The average Bonchev–Trinajstić information content (AvgIpc) is 3.00. The molecule has 1 N–H and O–H groups in total. The highest BCUT2D eigenvalue weighted by Crippen LogP contribution is 2.24. The Morgan fingerprint density at radius 3 is 2.92 bits per heavy atom. The van der Waals surface area contributed by atoms with Crippen molar-refractivity contribution in [3.8, 4) is 5.75 Å². The van der Waals surface area contributed by atoms with E-state index in [9.17, 15) is 4.79 Å². The molecule has 0 fully saturated rings. The van der Waals surface area contributed by atoms with Crippen LogP contribution in [0, 0.1) is 0 Å². The Kier molecular flexibility index (Phi) is 8.17. The van der Waals surface area contributed by atoms with Gasteiger partial charge in [-0.3, -0.25) is 4.79 Å². The zero-order valence-electron chi connectivity index (χ0n) is 15.1. The standard InChI is InChI=1S/C18H24N4O3S/c1-4-11-22-16(13-24-3)20-21-18(22)26-12-10-17(23)19-14-8-6-7-9-15(14)25-5-2/h4,6-9H,1,5,10-13H2,2-3H3,(H,19,23). The van der Waals surface area contributed by atoms with Gasteiger partial charge in [0, 0.05) is 25.8 Å². The molecule has 0 aliphatic heterocycles. The summed E-state index contributed by atoms with van der Waals surface area (Å²) in [7, 11) is 1.62. The van der Waals surface area contributed by atoms with Crippen LogP contribution >= 0.6 is 11.8 Å². The number of allylic oxidation sites excluding steroid dienone is 1. The van der Waals surface area contributed by atoms with Gasteiger partial charge in [0.15, 0.2) is 11.0 Å². The largest absolute Gasteiger partial charge is 0.492 e. The van der Waals surface area contributed by atoms with Crippen LogP contribution in [-0.2, 0) is 22.7 Å². The Morgan fingerprint density at radius 1 is 1.38 bits per heavy atom. The Balaban J connectivity index is 1.90. The molecule has 0 spiro atoms. The fourth-order valence-corrected chi connectivity index (χ4v) is 3.18. The SMILES string of the molecule is C=CCn1c(COC)nnc1SCCC(=O)Nc1ccccc1OCC. The molecule has 0 aliphatic carbocycles. The number of carbonyl (C=O) groups is 1. The van der Waals surface area contributed by atoms with E-state index in [1.807, 2.05) is 35.8 Å². The lowest BCUT2D eigenvalue weighted by atomic mass is 10.3. The van der Waals surface area contributed by atoms with Crippen molar-refractivity contribution in [2.45, 2.75) is 31.7 Å². The van der Waals surface area contributed by atoms with Crippen molar-refractivity contribution in [1.29, 1.82) is 0 Å². The fraction of sp³-hybridized carbons (Fsp3) is 0.389. The smallest absolute Gasteiger partial charge is 0.225 e. The third-order valence-electron chi connectivity index (χ3n) is 3.40. The van der Waals surface area contributed by atoms with Gasteiger partial charge in [0.05, 0.1) is 12.3 Å². The number of methoxy groups -OCH3 is 1. The molecule has 7 nitrogen and oxygen atoms in total. The van der Waals surface area contributed by atoms with Crippen molar-refractivity contribution in [1.82, 2.24) is 14.8 Å². The van der Waals surface area contributed by atoms with Crippen molar-refractivity contribution >= 4 is 23.4 Å². The van der Waals surface area contributed by atoms with Crippen molar-refractivity contribution < 1.29 is 14.3 Å². The number of nitrogens with zero attached hydrogens (tertiary/aromatic N) is 3. The zero-order chi connectivity index (χ0) is 18.8. The first-order valence-corrected chi connectivity index (χ1v) is 9.34. The number of benzene rings is 1. The molecule has 2 aromatic rings. The number of hydrogen-bond donors (Lipinski definition) is 1. The first-order chi connectivity index (χ1) is 12.7. The maximum atomic E-state index is 12.2. The van der Waals surface area contributed by atoms with Crippen LogP contribution < -0.4 is 10.1 Å². The quantitative estimate of drug-likeness (QED) is 0.479. The molecule has 0 unspecified atom stereocenters. The highest BCUT2D eigenvalue weighted by molar-refractivity contribution is 7.99. The van der Waals surface area contributed by atoms with E-state index < -0.39 is 0 Å². The molecule has 1 amide bonds. The minimum Gasteiger partial charge on any atom is -0.492 e. The summed E-state index contributed by atoms with van der Waals surface area (Å²) in [5.74, 6) is 1.93. The molecule has 26 heavy (non-hydrogen) atoms. The lowest BCUT2D eigenvalue weighted by molar-refractivity contribution is -0.115. The minimum atomic E-state index is -0.0726. The van der Waals surface area contributed by atoms with Crippen LogP contribution in [0.15, 0.2) is 42.1 Å². The summed E-state index contributed by atoms with van der Waals surface area (Å²) in [6.07, 6.45) is 2.13. The van der Waals surface area contributed by atoms with Gasteiger partial charge in [0.2, 0.25) is 5.91 Å². The molecule has 140 valence electrons. The zero-order valence-corrected chi connectivity index (χ0v) is 15.9. The number of rotatable bonds is 11. The number of thioether (sulfide) groups is 1.